The predicted molar refractivity (Wildman–Crippen MR) is 69.1 cm³/mol. The first-order chi connectivity index (χ1) is 7.81. The molecule has 1 saturated heterocycles. The van der Waals surface area contributed by atoms with E-state index in [-0.39, 0.29) is 0 Å². The Morgan fingerprint density at radius 1 is 1.44 bits per heavy atom. The third-order valence-electron chi connectivity index (χ3n) is 2.92. The fraction of sp³-hybridized carbons (Fsp3) is 0.818. The highest BCUT2D eigenvalue weighted by molar-refractivity contribution is 7.99. The molecule has 90 valence electrons. The first-order valence-corrected chi connectivity index (χ1v) is 7.43. The minimum absolute atomic E-state index is 0.551. The van der Waals surface area contributed by atoms with E-state index in [4.69, 9.17) is 11.6 Å². The summed E-state index contributed by atoms with van der Waals surface area (Å²) in [7, 11) is 0. The lowest BCUT2D eigenvalue weighted by Crippen LogP contribution is -2.18. The van der Waals surface area contributed by atoms with Gasteiger partial charge in [0, 0.05) is 18.2 Å². The van der Waals surface area contributed by atoms with Crippen LogP contribution in [0.5, 0.6) is 0 Å². The molecule has 0 N–H and O–H groups in total. The summed E-state index contributed by atoms with van der Waals surface area (Å²) in [6, 6.07) is 0. The largest absolute Gasteiger partial charge is 0.301 e. The van der Waals surface area contributed by atoms with Crippen LogP contribution in [0, 0.1) is 0 Å². The molecular formula is C11H18ClN3S. The molecule has 0 bridgehead atoms. The first kappa shape index (κ1) is 12.2. The van der Waals surface area contributed by atoms with Gasteiger partial charge in [0.15, 0.2) is 0 Å². The quantitative estimate of drug-likeness (QED) is 0.832. The van der Waals surface area contributed by atoms with E-state index in [2.05, 4.69) is 33.5 Å². The molecule has 0 aliphatic carbocycles. The summed E-state index contributed by atoms with van der Waals surface area (Å²) < 4.78 is 2.09. The zero-order chi connectivity index (χ0) is 11.4. The summed E-state index contributed by atoms with van der Waals surface area (Å²) in [5, 5.41) is 9.36. The van der Waals surface area contributed by atoms with E-state index in [1.165, 1.54) is 25.0 Å². The van der Waals surface area contributed by atoms with E-state index in [1.807, 2.05) is 0 Å². The molecule has 1 fully saturated rings. The number of hydrogen-bond donors (Lipinski definition) is 0. The van der Waals surface area contributed by atoms with Crippen LogP contribution in [0.25, 0.3) is 0 Å². The van der Waals surface area contributed by atoms with Crippen LogP contribution in [0.15, 0.2) is 0 Å². The van der Waals surface area contributed by atoms with E-state index in [1.54, 1.807) is 0 Å². The molecule has 2 heterocycles. The second kappa shape index (κ2) is 5.92. The van der Waals surface area contributed by atoms with Crippen molar-refractivity contribution in [2.45, 2.75) is 50.8 Å². The molecule has 1 aromatic rings. The number of rotatable bonds is 4. The van der Waals surface area contributed by atoms with Gasteiger partial charge in [0.1, 0.15) is 5.82 Å². The van der Waals surface area contributed by atoms with Gasteiger partial charge < -0.3 is 4.57 Å². The van der Waals surface area contributed by atoms with Crippen molar-refractivity contribution in [1.82, 2.24) is 14.8 Å². The molecule has 1 unspecified atom stereocenters. The number of nitrogens with zero attached hydrogens (tertiary/aromatic N) is 3. The Labute approximate surface area is 106 Å². The highest BCUT2D eigenvalue weighted by Gasteiger charge is 2.18. The third kappa shape index (κ3) is 2.92. The van der Waals surface area contributed by atoms with Gasteiger partial charge in [0.25, 0.3) is 0 Å². The van der Waals surface area contributed by atoms with E-state index in [0.29, 0.717) is 10.5 Å². The summed E-state index contributed by atoms with van der Waals surface area (Å²) in [5.74, 6) is 2.33. The van der Waals surface area contributed by atoms with Gasteiger partial charge in [-0.2, -0.15) is 11.8 Å². The third-order valence-corrected chi connectivity index (χ3v) is 4.58. The van der Waals surface area contributed by atoms with E-state index < -0.39 is 0 Å². The molecule has 0 saturated carbocycles. The van der Waals surface area contributed by atoms with Gasteiger partial charge >= 0.3 is 0 Å². The summed E-state index contributed by atoms with van der Waals surface area (Å²) in [5.41, 5.74) is 0. The molecule has 5 heteroatoms. The van der Waals surface area contributed by atoms with Gasteiger partial charge in [-0.25, -0.2) is 0 Å². The number of thioether (sulfide) groups is 1. The first-order valence-electron chi connectivity index (χ1n) is 6.00. The Kier molecular flexibility index (Phi) is 4.53. The van der Waals surface area contributed by atoms with Crippen molar-refractivity contribution in [3.63, 3.8) is 0 Å². The van der Waals surface area contributed by atoms with Gasteiger partial charge in [0.05, 0.1) is 0 Å². The zero-order valence-electron chi connectivity index (χ0n) is 9.65. The lowest BCUT2D eigenvalue weighted by Gasteiger charge is -2.22. The fourth-order valence-electron chi connectivity index (χ4n) is 2.06. The Bertz CT molecular complexity index is 334. The number of aryl methyl sites for hydroxylation is 1. The Morgan fingerprint density at radius 3 is 3.00 bits per heavy atom. The number of aromatic nitrogens is 3. The van der Waals surface area contributed by atoms with Crippen LogP contribution in [-0.4, -0.2) is 25.8 Å². The van der Waals surface area contributed by atoms with Crippen LogP contribution in [0.2, 0.25) is 5.28 Å². The maximum atomic E-state index is 6.08. The Morgan fingerprint density at radius 2 is 2.31 bits per heavy atom. The van der Waals surface area contributed by atoms with Gasteiger partial charge in [0.2, 0.25) is 5.28 Å². The van der Waals surface area contributed by atoms with Crippen molar-refractivity contribution in [3.05, 3.63) is 11.1 Å². The van der Waals surface area contributed by atoms with Crippen LogP contribution in [0.1, 0.15) is 38.4 Å². The molecule has 1 atom stereocenters. The molecule has 0 radical (unpaired) electrons. The van der Waals surface area contributed by atoms with Gasteiger partial charge in [-0.1, -0.05) is 13.3 Å². The summed E-state index contributed by atoms with van der Waals surface area (Å²) in [6.45, 7) is 3.13. The minimum atomic E-state index is 0.551. The van der Waals surface area contributed by atoms with Crippen molar-refractivity contribution in [3.8, 4) is 0 Å². The van der Waals surface area contributed by atoms with Crippen LogP contribution >= 0.6 is 23.4 Å². The highest BCUT2D eigenvalue weighted by atomic mass is 35.5. The van der Waals surface area contributed by atoms with Gasteiger partial charge in [-0.05, 0) is 36.6 Å². The Balaban J connectivity index is 2.03. The van der Waals surface area contributed by atoms with Gasteiger partial charge in [-0.15, -0.1) is 10.2 Å². The molecule has 1 aromatic heterocycles. The van der Waals surface area contributed by atoms with Crippen molar-refractivity contribution in [2.24, 2.45) is 0 Å². The van der Waals surface area contributed by atoms with Crippen LogP contribution in [-0.2, 0) is 13.0 Å². The van der Waals surface area contributed by atoms with Crippen LogP contribution < -0.4 is 0 Å². The van der Waals surface area contributed by atoms with E-state index >= 15 is 0 Å². The topological polar surface area (TPSA) is 30.7 Å². The molecule has 0 spiro atoms. The van der Waals surface area contributed by atoms with Crippen LogP contribution in [0.3, 0.4) is 0 Å². The second-order valence-corrected chi connectivity index (χ2v) is 5.98. The molecule has 16 heavy (non-hydrogen) atoms. The molecular weight excluding hydrogens is 242 g/mol. The number of halogens is 1. The minimum Gasteiger partial charge on any atom is -0.301 e. The number of hydrogen-bond acceptors (Lipinski definition) is 3. The summed E-state index contributed by atoms with van der Waals surface area (Å²) in [6.07, 6.45) is 6.06. The fourth-order valence-corrected chi connectivity index (χ4v) is 3.55. The highest BCUT2D eigenvalue weighted by Crippen LogP contribution is 2.27. The van der Waals surface area contributed by atoms with Crippen molar-refractivity contribution in [1.29, 1.82) is 0 Å². The normalized spacial score (nSPS) is 21.2. The maximum Gasteiger partial charge on any atom is 0.225 e. The molecule has 0 amide bonds. The molecule has 1 aliphatic rings. The average molecular weight is 260 g/mol. The van der Waals surface area contributed by atoms with Crippen molar-refractivity contribution >= 4 is 23.4 Å². The van der Waals surface area contributed by atoms with E-state index in [9.17, 15) is 0 Å². The SMILES string of the molecule is CCCc1nnc(Cl)n1CC1CCCCS1. The maximum absolute atomic E-state index is 6.08. The van der Waals surface area contributed by atoms with Crippen LogP contribution in [0.4, 0.5) is 0 Å². The average Bonchev–Trinajstić information content (AvgIpc) is 2.64. The molecule has 2 rings (SSSR count). The van der Waals surface area contributed by atoms with Crippen molar-refractivity contribution in [2.75, 3.05) is 5.75 Å². The standard InChI is InChI=1S/C11H18ClN3S/c1-2-5-10-13-14-11(12)15(10)8-9-6-3-4-7-16-9/h9H,2-8H2,1H3. The van der Waals surface area contributed by atoms with E-state index in [0.717, 1.165) is 25.2 Å². The monoisotopic (exact) mass is 259 g/mol. The summed E-state index contributed by atoms with van der Waals surface area (Å²) in [4.78, 5) is 0. The lowest BCUT2D eigenvalue weighted by atomic mass is 10.2. The lowest BCUT2D eigenvalue weighted by molar-refractivity contribution is 0.564. The zero-order valence-corrected chi connectivity index (χ0v) is 11.2. The second-order valence-electron chi connectivity index (χ2n) is 4.23. The van der Waals surface area contributed by atoms with Crippen molar-refractivity contribution < 1.29 is 0 Å². The molecule has 3 nitrogen and oxygen atoms in total. The smallest absolute Gasteiger partial charge is 0.225 e. The predicted octanol–water partition coefficient (Wildman–Crippen LogP) is 3.17. The van der Waals surface area contributed by atoms with Gasteiger partial charge in [-0.3, -0.25) is 0 Å². The molecule has 0 aromatic carbocycles. The Hall–Kier alpha value is -0.220. The summed E-state index contributed by atoms with van der Waals surface area (Å²) >= 11 is 8.14. The molecule has 1 aliphatic heterocycles.